The molecule has 0 aliphatic rings. The van der Waals surface area contributed by atoms with Crippen molar-refractivity contribution in [3.05, 3.63) is 53.1 Å². The Balaban J connectivity index is 2.10. The molecule has 0 radical (unpaired) electrons. The molecule has 0 saturated carbocycles. The normalized spacial score (nSPS) is 10.8. The Morgan fingerprint density at radius 1 is 1.25 bits per heavy atom. The van der Waals surface area contributed by atoms with Crippen molar-refractivity contribution in [1.82, 2.24) is 14.5 Å². The standard InChI is InChI=1S/C15H15N3OS/c1-2-19-13-5-3-4-12-14(13)17-15(20)18(12)10-11-6-8-16-9-7-11/h3-9H,2,10H2,1H3,(H,17,20). The summed E-state index contributed by atoms with van der Waals surface area (Å²) in [6.07, 6.45) is 3.58. The number of nitrogens with zero attached hydrogens (tertiary/aromatic N) is 2. The number of imidazole rings is 1. The number of H-pyrrole nitrogens is 1. The number of aromatic amines is 1. The molecule has 1 N–H and O–H groups in total. The van der Waals surface area contributed by atoms with Crippen LogP contribution in [-0.4, -0.2) is 21.1 Å². The predicted octanol–water partition coefficient (Wildman–Crippen LogP) is 3.54. The summed E-state index contributed by atoms with van der Waals surface area (Å²) in [4.78, 5) is 7.27. The fourth-order valence-electron chi connectivity index (χ4n) is 2.26. The number of nitrogens with one attached hydrogen (secondary N) is 1. The Bertz CT molecular complexity index is 777. The lowest BCUT2D eigenvalue weighted by atomic mass is 10.2. The smallest absolute Gasteiger partial charge is 0.178 e. The molecular weight excluding hydrogens is 270 g/mol. The van der Waals surface area contributed by atoms with Crippen molar-refractivity contribution < 1.29 is 4.74 Å². The number of pyridine rings is 1. The monoisotopic (exact) mass is 285 g/mol. The Morgan fingerprint density at radius 2 is 2.05 bits per heavy atom. The molecule has 102 valence electrons. The van der Waals surface area contributed by atoms with Crippen molar-refractivity contribution in [2.45, 2.75) is 13.5 Å². The molecule has 0 spiro atoms. The lowest BCUT2D eigenvalue weighted by molar-refractivity contribution is 0.343. The minimum atomic E-state index is 0.634. The Kier molecular flexibility index (Phi) is 3.52. The van der Waals surface area contributed by atoms with Gasteiger partial charge in [-0.2, -0.15) is 0 Å². The highest BCUT2D eigenvalue weighted by atomic mass is 32.1. The maximum atomic E-state index is 5.64. The summed E-state index contributed by atoms with van der Waals surface area (Å²) in [5.41, 5.74) is 3.17. The summed E-state index contributed by atoms with van der Waals surface area (Å²) in [6.45, 7) is 3.33. The molecule has 0 atom stereocenters. The number of aromatic nitrogens is 3. The molecule has 2 heterocycles. The SMILES string of the molecule is CCOc1cccc2c1[nH]c(=S)n2Cc1ccncc1. The molecule has 0 fully saturated rings. The van der Waals surface area contributed by atoms with Crippen molar-refractivity contribution >= 4 is 23.3 Å². The third-order valence-corrected chi connectivity index (χ3v) is 3.48. The minimum Gasteiger partial charge on any atom is -0.492 e. The molecule has 0 amide bonds. The van der Waals surface area contributed by atoms with Gasteiger partial charge < -0.3 is 14.3 Å². The van der Waals surface area contributed by atoms with Crippen LogP contribution in [0.3, 0.4) is 0 Å². The number of para-hydroxylation sites is 1. The van der Waals surface area contributed by atoms with Gasteiger partial charge in [-0.15, -0.1) is 0 Å². The number of fused-ring (bicyclic) bond motifs is 1. The van der Waals surface area contributed by atoms with Crippen LogP contribution < -0.4 is 4.74 Å². The molecule has 1 aromatic carbocycles. The zero-order valence-electron chi connectivity index (χ0n) is 11.2. The molecule has 20 heavy (non-hydrogen) atoms. The van der Waals surface area contributed by atoms with E-state index in [1.165, 1.54) is 5.56 Å². The van der Waals surface area contributed by atoms with Crippen molar-refractivity contribution in [1.29, 1.82) is 0 Å². The van der Waals surface area contributed by atoms with E-state index in [1.807, 2.05) is 37.3 Å². The van der Waals surface area contributed by atoms with Crippen molar-refractivity contribution in [2.75, 3.05) is 6.61 Å². The lowest BCUT2D eigenvalue weighted by Crippen LogP contribution is -1.99. The second kappa shape index (κ2) is 5.46. The number of hydrogen-bond donors (Lipinski definition) is 1. The molecule has 0 aliphatic heterocycles. The second-order valence-electron chi connectivity index (χ2n) is 4.46. The molecule has 0 unspecified atom stereocenters. The molecule has 5 heteroatoms. The third-order valence-electron chi connectivity index (χ3n) is 3.16. The van der Waals surface area contributed by atoms with Crippen LogP contribution >= 0.6 is 12.2 Å². The van der Waals surface area contributed by atoms with Gasteiger partial charge in [-0.3, -0.25) is 4.98 Å². The minimum absolute atomic E-state index is 0.634. The van der Waals surface area contributed by atoms with E-state index >= 15 is 0 Å². The van der Waals surface area contributed by atoms with E-state index < -0.39 is 0 Å². The first-order valence-corrected chi connectivity index (χ1v) is 6.93. The van der Waals surface area contributed by atoms with Crippen LogP contribution in [-0.2, 0) is 6.54 Å². The van der Waals surface area contributed by atoms with E-state index in [0.29, 0.717) is 11.4 Å². The average Bonchev–Trinajstić information content (AvgIpc) is 2.78. The highest BCUT2D eigenvalue weighted by Crippen LogP contribution is 2.25. The molecule has 0 aliphatic carbocycles. The van der Waals surface area contributed by atoms with E-state index in [-0.39, 0.29) is 0 Å². The highest BCUT2D eigenvalue weighted by Gasteiger charge is 2.09. The zero-order valence-corrected chi connectivity index (χ0v) is 12.0. The summed E-state index contributed by atoms with van der Waals surface area (Å²) in [6, 6.07) is 9.97. The molecule has 4 nitrogen and oxygen atoms in total. The van der Waals surface area contributed by atoms with E-state index in [1.54, 1.807) is 12.4 Å². The first kappa shape index (κ1) is 12.9. The molecule has 3 aromatic rings. The average molecular weight is 285 g/mol. The lowest BCUT2D eigenvalue weighted by Gasteiger charge is -2.06. The molecule has 0 bridgehead atoms. The Hall–Kier alpha value is -2.14. The van der Waals surface area contributed by atoms with Gasteiger partial charge >= 0.3 is 0 Å². The second-order valence-corrected chi connectivity index (χ2v) is 4.84. The maximum absolute atomic E-state index is 5.64. The third kappa shape index (κ3) is 2.32. The van der Waals surface area contributed by atoms with Gasteiger partial charge in [-0.05, 0) is 49.0 Å². The van der Waals surface area contributed by atoms with Crippen LogP contribution in [0.2, 0.25) is 0 Å². The highest BCUT2D eigenvalue weighted by molar-refractivity contribution is 7.71. The molecule has 3 rings (SSSR count). The number of hydrogen-bond acceptors (Lipinski definition) is 3. The van der Waals surface area contributed by atoms with E-state index in [2.05, 4.69) is 14.5 Å². The molecule has 2 aromatic heterocycles. The quantitative estimate of drug-likeness (QED) is 0.746. The van der Waals surface area contributed by atoms with Gasteiger partial charge in [0.15, 0.2) is 4.77 Å². The number of benzene rings is 1. The number of rotatable bonds is 4. The van der Waals surface area contributed by atoms with Crippen LogP contribution in [0.1, 0.15) is 12.5 Å². The van der Waals surface area contributed by atoms with Gasteiger partial charge in [-0.1, -0.05) is 6.07 Å². The first-order chi connectivity index (χ1) is 9.79. The van der Waals surface area contributed by atoms with Gasteiger partial charge in [0, 0.05) is 12.4 Å². The summed E-state index contributed by atoms with van der Waals surface area (Å²) in [5.74, 6) is 0.838. The fraction of sp³-hybridized carbons (Fsp3) is 0.200. The summed E-state index contributed by atoms with van der Waals surface area (Å²) in [5, 5.41) is 0. The largest absolute Gasteiger partial charge is 0.492 e. The fourth-order valence-corrected chi connectivity index (χ4v) is 2.52. The van der Waals surface area contributed by atoms with Crippen LogP contribution in [0.5, 0.6) is 5.75 Å². The van der Waals surface area contributed by atoms with E-state index in [9.17, 15) is 0 Å². The van der Waals surface area contributed by atoms with Gasteiger partial charge in [0.2, 0.25) is 0 Å². The van der Waals surface area contributed by atoms with Gasteiger partial charge in [0.1, 0.15) is 11.3 Å². The first-order valence-electron chi connectivity index (χ1n) is 6.53. The van der Waals surface area contributed by atoms with Crippen molar-refractivity contribution in [3.8, 4) is 5.75 Å². The molecule has 0 saturated heterocycles. The Morgan fingerprint density at radius 3 is 2.80 bits per heavy atom. The number of ether oxygens (including phenoxy) is 1. The zero-order chi connectivity index (χ0) is 13.9. The van der Waals surface area contributed by atoms with Crippen LogP contribution in [0, 0.1) is 4.77 Å². The topological polar surface area (TPSA) is 42.8 Å². The van der Waals surface area contributed by atoms with E-state index in [0.717, 1.165) is 23.3 Å². The van der Waals surface area contributed by atoms with Crippen LogP contribution in [0.25, 0.3) is 11.0 Å². The van der Waals surface area contributed by atoms with Crippen LogP contribution in [0.15, 0.2) is 42.7 Å². The predicted molar refractivity (Wildman–Crippen MR) is 81.6 cm³/mol. The van der Waals surface area contributed by atoms with Gasteiger partial charge in [0.25, 0.3) is 0 Å². The van der Waals surface area contributed by atoms with Gasteiger partial charge in [0.05, 0.1) is 18.7 Å². The van der Waals surface area contributed by atoms with Crippen molar-refractivity contribution in [3.63, 3.8) is 0 Å². The summed E-state index contributed by atoms with van der Waals surface area (Å²) < 4.78 is 8.41. The van der Waals surface area contributed by atoms with Crippen molar-refractivity contribution in [2.24, 2.45) is 0 Å². The summed E-state index contributed by atoms with van der Waals surface area (Å²) >= 11 is 5.43. The summed E-state index contributed by atoms with van der Waals surface area (Å²) in [7, 11) is 0. The maximum Gasteiger partial charge on any atom is 0.178 e. The van der Waals surface area contributed by atoms with E-state index in [4.69, 9.17) is 17.0 Å². The Labute approximate surface area is 122 Å². The molecular formula is C15H15N3OS. The van der Waals surface area contributed by atoms with Gasteiger partial charge in [-0.25, -0.2) is 0 Å². The van der Waals surface area contributed by atoms with Crippen LogP contribution in [0.4, 0.5) is 0 Å².